The molecular formula is C21H18BrF2NOS. The van der Waals surface area contributed by atoms with Crippen LogP contribution in [-0.2, 0) is 24.0 Å². The number of nitrogens with zero attached hydrogens (tertiary/aromatic N) is 1. The van der Waals surface area contributed by atoms with Gasteiger partial charge < -0.3 is 4.74 Å². The Bertz CT molecular complexity index is 971. The summed E-state index contributed by atoms with van der Waals surface area (Å²) < 4.78 is 33.1. The molecule has 0 bridgehead atoms. The van der Waals surface area contributed by atoms with Crippen LogP contribution in [0, 0.1) is 11.6 Å². The molecule has 0 fully saturated rings. The van der Waals surface area contributed by atoms with Gasteiger partial charge in [0.2, 0.25) is 0 Å². The third-order valence-electron chi connectivity index (χ3n) is 4.27. The fourth-order valence-electron chi connectivity index (χ4n) is 2.78. The molecule has 0 aliphatic rings. The monoisotopic (exact) mass is 449 g/mol. The summed E-state index contributed by atoms with van der Waals surface area (Å²) in [7, 11) is 1.57. The smallest absolute Gasteiger partial charge is 0.138 e. The minimum Gasteiger partial charge on any atom is -0.495 e. The normalized spacial score (nSPS) is 10.8. The van der Waals surface area contributed by atoms with Gasteiger partial charge in [0.25, 0.3) is 0 Å². The van der Waals surface area contributed by atoms with Crippen LogP contribution >= 0.6 is 27.3 Å². The van der Waals surface area contributed by atoms with Crippen molar-refractivity contribution in [2.24, 2.45) is 0 Å². The van der Waals surface area contributed by atoms with Crippen molar-refractivity contribution in [3.05, 3.63) is 91.9 Å². The molecule has 27 heavy (non-hydrogen) atoms. The Balaban J connectivity index is 1.78. The molecule has 0 aliphatic carbocycles. The van der Waals surface area contributed by atoms with E-state index in [1.165, 1.54) is 12.1 Å². The number of thiazole rings is 1. The van der Waals surface area contributed by atoms with Crippen molar-refractivity contribution in [3.63, 3.8) is 0 Å². The zero-order valence-electron chi connectivity index (χ0n) is 14.8. The highest BCUT2D eigenvalue weighted by Crippen LogP contribution is 2.25. The molecule has 6 heteroatoms. The third kappa shape index (κ3) is 5.02. The molecule has 2 aromatic carbocycles. The number of ether oxygens (including phenoxy) is 1. The molecule has 0 atom stereocenters. The molecule has 0 saturated carbocycles. The molecule has 140 valence electrons. The zero-order chi connectivity index (χ0) is 19.4. The second-order valence-electron chi connectivity index (χ2n) is 6.08. The summed E-state index contributed by atoms with van der Waals surface area (Å²) in [5, 5.41) is 2.88. The summed E-state index contributed by atoms with van der Waals surface area (Å²) in [4.78, 5) is 4.57. The molecule has 2 nitrogen and oxygen atoms in total. The Labute approximate surface area is 169 Å². The average Bonchev–Trinajstić information content (AvgIpc) is 3.10. The first-order valence-corrected chi connectivity index (χ1v) is 10.0. The second-order valence-corrected chi connectivity index (χ2v) is 7.94. The predicted molar refractivity (Wildman–Crippen MR) is 109 cm³/mol. The van der Waals surface area contributed by atoms with Crippen molar-refractivity contribution in [3.8, 4) is 0 Å². The molecule has 0 radical (unpaired) electrons. The number of rotatable bonds is 7. The third-order valence-corrected chi connectivity index (χ3v) is 5.61. The molecule has 1 heterocycles. The maximum atomic E-state index is 13.9. The van der Waals surface area contributed by atoms with Crippen molar-refractivity contribution in [2.45, 2.75) is 19.3 Å². The Kier molecular flexibility index (Phi) is 6.39. The van der Waals surface area contributed by atoms with Crippen molar-refractivity contribution in [1.82, 2.24) is 4.98 Å². The van der Waals surface area contributed by atoms with E-state index in [0.717, 1.165) is 32.4 Å². The van der Waals surface area contributed by atoms with Crippen molar-refractivity contribution < 1.29 is 13.5 Å². The lowest BCUT2D eigenvalue weighted by molar-refractivity contribution is 0.370. The average molecular weight is 450 g/mol. The van der Waals surface area contributed by atoms with E-state index in [9.17, 15) is 8.78 Å². The number of benzene rings is 2. The van der Waals surface area contributed by atoms with Crippen LogP contribution in [0.5, 0.6) is 0 Å². The van der Waals surface area contributed by atoms with Crippen LogP contribution in [0.15, 0.2) is 52.8 Å². The topological polar surface area (TPSA) is 22.1 Å². The van der Waals surface area contributed by atoms with Gasteiger partial charge in [-0.2, -0.15) is 0 Å². The highest BCUT2D eigenvalue weighted by molar-refractivity contribution is 9.10. The van der Waals surface area contributed by atoms with Crippen LogP contribution in [0.3, 0.4) is 0 Å². The van der Waals surface area contributed by atoms with Gasteiger partial charge >= 0.3 is 0 Å². The van der Waals surface area contributed by atoms with Crippen molar-refractivity contribution >= 4 is 33.0 Å². The van der Waals surface area contributed by atoms with Crippen molar-refractivity contribution in [1.29, 1.82) is 0 Å². The maximum absolute atomic E-state index is 13.9. The van der Waals surface area contributed by atoms with E-state index in [1.54, 1.807) is 18.4 Å². The van der Waals surface area contributed by atoms with E-state index < -0.39 is 11.6 Å². The standard InChI is InChI=1S/C21H18BrF2NOS/c1-13(26-2)20-12-27-21(25-20)10-16-9-17(22)7-5-14(16)3-4-15-6-8-18(23)11-19(15)24/h5-9,11-12H,1,3-4,10H2,2H3. The molecular weight excluding hydrogens is 432 g/mol. The van der Waals surface area contributed by atoms with Gasteiger partial charge in [0.05, 0.1) is 12.1 Å². The van der Waals surface area contributed by atoms with Crippen LogP contribution in [0.4, 0.5) is 8.78 Å². The Morgan fingerprint density at radius 2 is 1.85 bits per heavy atom. The highest BCUT2D eigenvalue weighted by atomic mass is 79.9. The number of halogens is 3. The van der Waals surface area contributed by atoms with E-state index in [-0.39, 0.29) is 0 Å². The summed E-state index contributed by atoms with van der Waals surface area (Å²) in [5.41, 5.74) is 3.49. The van der Waals surface area contributed by atoms with Gasteiger partial charge in [-0.1, -0.05) is 34.6 Å². The zero-order valence-corrected chi connectivity index (χ0v) is 17.2. The molecule has 0 amide bonds. The fraction of sp³-hybridized carbons (Fsp3) is 0.190. The van der Waals surface area contributed by atoms with Gasteiger partial charge in [0.15, 0.2) is 0 Å². The van der Waals surface area contributed by atoms with Crippen LogP contribution in [-0.4, -0.2) is 12.1 Å². The van der Waals surface area contributed by atoms with Gasteiger partial charge in [-0.15, -0.1) is 11.3 Å². The minimum absolute atomic E-state index is 0.503. The molecule has 0 unspecified atom stereocenters. The van der Waals surface area contributed by atoms with E-state index in [1.807, 2.05) is 17.5 Å². The number of hydrogen-bond acceptors (Lipinski definition) is 3. The maximum Gasteiger partial charge on any atom is 0.138 e. The van der Waals surface area contributed by atoms with E-state index in [2.05, 4.69) is 33.6 Å². The largest absolute Gasteiger partial charge is 0.495 e. The minimum atomic E-state index is -0.558. The second kappa shape index (κ2) is 8.76. The van der Waals surface area contributed by atoms with Gasteiger partial charge in [0.1, 0.15) is 23.1 Å². The van der Waals surface area contributed by atoms with E-state index in [4.69, 9.17) is 4.74 Å². The van der Waals surface area contributed by atoms with E-state index in [0.29, 0.717) is 30.6 Å². The lowest BCUT2D eigenvalue weighted by atomic mass is 9.98. The van der Waals surface area contributed by atoms with Crippen LogP contribution < -0.4 is 0 Å². The Morgan fingerprint density at radius 3 is 2.59 bits per heavy atom. The lowest BCUT2D eigenvalue weighted by Gasteiger charge is -2.10. The van der Waals surface area contributed by atoms with Crippen LogP contribution in [0.25, 0.3) is 5.76 Å². The van der Waals surface area contributed by atoms with E-state index >= 15 is 0 Å². The first-order chi connectivity index (χ1) is 13.0. The summed E-state index contributed by atoms with van der Waals surface area (Å²) in [6.45, 7) is 3.83. The van der Waals surface area contributed by atoms with Gasteiger partial charge in [0, 0.05) is 22.3 Å². The lowest BCUT2D eigenvalue weighted by Crippen LogP contribution is -2.00. The summed E-state index contributed by atoms with van der Waals surface area (Å²) in [6, 6.07) is 9.79. The first kappa shape index (κ1) is 19.7. The number of aromatic nitrogens is 1. The van der Waals surface area contributed by atoms with Crippen LogP contribution in [0.1, 0.15) is 27.4 Å². The highest BCUT2D eigenvalue weighted by Gasteiger charge is 2.11. The molecule has 0 aliphatic heterocycles. The predicted octanol–water partition coefficient (Wildman–Crippen LogP) is 6.18. The van der Waals surface area contributed by atoms with Gasteiger partial charge in [-0.05, 0) is 47.7 Å². The van der Waals surface area contributed by atoms with Crippen molar-refractivity contribution in [2.75, 3.05) is 7.11 Å². The van der Waals surface area contributed by atoms with Gasteiger partial charge in [-0.25, -0.2) is 13.8 Å². The molecule has 0 N–H and O–H groups in total. The summed E-state index contributed by atoms with van der Waals surface area (Å²) >= 11 is 5.06. The molecule has 0 spiro atoms. The SMILES string of the molecule is C=C(OC)c1csc(Cc2cc(Br)ccc2CCc2ccc(F)cc2F)n1. The number of methoxy groups -OCH3 is 1. The molecule has 3 rings (SSSR count). The number of hydrogen-bond donors (Lipinski definition) is 0. The summed E-state index contributed by atoms with van der Waals surface area (Å²) in [6.07, 6.45) is 1.83. The fourth-order valence-corrected chi connectivity index (χ4v) is 4.01. The summed E-state index contributed by atoms with van der Waals surface area (Å²) in [5.74, 6) is -0.521. The first-order valence-electron chi connectivity index (χ1n) is 8.35. The van der Waals surface area contributed by atoms with Gasteiger partial charge in [-0.3, -0.25) is 0 Å². The number of aryl methyl sites for hydroxylation is 2. The molecule has 1 aromatic heterocycles. The quantitative estimate of drug-likeness (QED) is 0.402. The Hall–Kier alpha value is -2.05. The molecule has 0 saturated heterocycles. The van der Waals surface area contributed by atoms with Crippen LogP contribution in [0.2, 0.25) is 0 Å². The Morgan fingerprint density at radius 1 is 1.11 bits per heavy atom. The molecule has 3 aromatic rings.